The number of aromatic nitrogens is 1. The Morgan fingerprint density at radius 3 is 2.50 bits per heavy atom. The van der Waals surface area contributed by atoms with E-state index in [-0.39, 0.29) is 11.2 Å². The summed E-state index contributed by atoms with van der Waals surface area (Å²) in [4.78, 5) is 27.7. The van der Waals surface area contributed by atoms with Crippen molar-refractivity contribution >= 4 is 29.3 Å². The minimum Gasteiger partial charge on any atom is -0.465 e. The van der Waals surface area contributed by atoms with E-state index in [4.69, 9.17) is 0 Å². The molecule has 114 valence electrons. The highest BCUT2D eigenvalue weighted by molar-refractivity contribution is 8.00. The fourth-order valence-corrected chi connectivity index (χ4v) is 2.51. The summed E-state index contributed by atoms with van der Waals surface area (Å²) in [5, 5.41) is 3.32. The minimum absolute atomic E-state index is 0.124. The van der Waals surface area contributed by atoms with Crippen LogP contribution in [0.5, 0.6) is 0 Å². The summed E-state index contributed by atoms with van der Waals surface area (Å²) in [7, 11) is 1.33. The molecule has 0 saturated carbocycles. The molecule has 0 spiro atoms. The lowest BCUT2D eigenvalue weighted by Crippen LogP contribution is -2.22. The van der Waals surface area contributed by atoms with Crippen molar-refractivity contribution in [2.45, 2.75) is 17.2 Å². The van der Waals surface area contributed by atoms with Crippen molar-refractivity contribution in [1.29, 1.82) is 0 Å². The Bertz CT molecular complexity index is 644. The van der Waals surface area contributed by atoms with E-state index in [1.165, 1.54) is 18.9 Å². The maximum absolute atomic E-state index is 12.1. The van der Waals surface area contributed by atoms with Gasteiger partial charge in [0, 0.05) is 11.9 Å². The van der Waals surface area contributed by atoms with E-state index in [9.17, 15) is 9.59 Å². The van der Waals surface area contributed by atoms with Gasteiger partial charge in [0.25, 0.3) is 0 Å². The number of esters is 1. The number of carbonyl (C=O) groups is 2. The van der Waals surface area contributed by atoms with Crippen LogP contribution in [0.25, 0.3) is 0 Å². The highest BCUT2D eigenvalue weighted by Crippen LogP contribution is 2.21. The molecule has 1 N–H and O–H groups in total. The molecule has 22 heavy (non-hydrogen) atoms. The van der Waals surface area contributed by atoms with Crippen molar-refractivity contribution in [3.05, 3.63) is 54.2 Å². The zero-order chi connectivity index (χ0) is 15.9. The van der Waals surface area contributed by atoms with Gasteiger partial charge in [-0.05, 0) is 43.3 Å². The van der Waals surface area contributed by atoms with Crippen molar-refractivity contribution in [1.82, 2.24) is 4.98 Å². The average molecular weight is 316 g/mol. The molecule has 1 atom stereocenters. The highest BCUT2D eigenvalue weighted by atomic mass is 32.2. The SMILES string of the molecule is COC(=O)c1ccc(NC(=O)C(C)Sc2ccccn2)cc1. The third-order valence-corrected chi connectivity index (χ3v) is 3.93. The predicted octanol–water partition coefficient (Wildman–Crippen LogP) is 2.99. The van der Waals surface area contributed by atoms with Crippen LogP contribution in [0.4, 0.5) is 5.69 Å². The Balaban J connectivity index is 1.95. The molecule has 2 aromatic rings. The maximum atomic E-state index is 12.1. The van der Waals surface area contributed by atoms with Crippen molar-refractivity contribution in [3.63, 3.8) is 0 Å². The molecule has 1 amide bonds. The number of amides is 1. The van der Waals surface area contributed by atoms with Crippen molar-refractivity contribution in [3.8, 4) is 0 Å². The van der Waals surface area contributed by atoms with Gasteiger partial charge in [0.15, 0.2) is 0 Å². The fraction of sp³-hybridized carbons (Fsp3) is 0.188. The number of benzene rings is 1. The monoisotopic (exact) mass is 316 g/mol. The van der Waals surface area contributed by atoms with Crippen LogP contribution in [0.3, 0.4) is 0 Å². The summed E-state index contributed by atoms with van der Waals surface area (Å²) >= 11 is 1.39. The molecule has 6 heteroatoms. The molecule has 0 aliphatic rings. The summed E-state index contributed by atoms with van der Waals surface area (Å²) in [6, 6.07) is 12.1. The van der Waals surface area contributed by atoms with Gasteiger partial charge in [0.2, 0.25) is 5.91 Å². The molecular formula is C16H16N2O3S. The lowest BCUT2D eigenvalue weighted by atomic mass is 10.2. The summed E-state index contributed by atoms with van der Waals surface area (Å²) < 4.78 is 4.63. The zero-order valence-corrected chi connectivity index (χ0v) is 13.1. The van der Waals surface area contributed by atoms with Crippen molar-refractivity contribution in [2.24, 2.45) is 0 Å². The van der Waals surface area contributed by atoms with Gasteiger partial charge in [-0.25, -0.2) is 9.78 Å². The molecule has 1 aromatic carbocycles. The number of thioether (sulfide) groups is 1. The summed E-state index contributed by atoms with van der Waals surface area (Å²) in [6.45, 7) is 1.82. The van der Waals surface area contributed by atoms with Crippen LogP contribution in [0, 0.1) is 0 Å². The summed E-state index contributed by atoms with van der Waals surface area (Å²) in [5.41, 5.74) is 1.07. The summed E-state index contributed by atoms with van der Waals surface area (Å²) in [5.74, 6) is -0.529. The van der Waals surface area contributed by atoms with E-state index in [0.717, 1.165) is 5.03 Å². The number of nitrogens with zero attached hydrogens (tertiary/aromatic N) is 1. The van der Waals surface area contributed by atoms with Gasteiger partial charge in [0.05, 0.1) is 22.9 Å². The number of hydrogen-bond acceptors (Lipinski definition) is 5. The highest BCUT2D eigenvalue weighted by Gasteiger charge is 2.15. The molecule has 0 aliphatic heterocycles. The van der Waals surface area contributed by atoms with Gasteiger partial charge in [-0.15, -0.1) is 0 Å². The zero-order valence-electron chi connectivity index (χ0n) is 12.3. The molecule has 0 fully saturated rings. The van der Waals surface area contributed by atoms with E-state index >= 15 is 0 Å². The quantitative estimate of drug-likeness (QED) is 0.678. The van der Waals surface area contributed by atoms with Gasteiger partial charge >= 0.3 is 5.97 Å². The number of ether oxygens (including phenoxy) is 1. The minimum atomic E-state index is -0.406. The number of rotatable bonds is 5. The van der Waals surface area contributed by atoms with Crippen LogP contribution in [0.1, 0.15) is 17.3 Å². The smallest absolute Gasteiger partial charge is 0.337 e. The molecule has 0 radical (unpaired) electrons. The van der Waals surface area contributed by atoms with Gasteiger partial charge in [-0.2, -0.15) is 0 Å². The van der Waals surface area contributed by atoms with Crippen molar-refractivity contribution in [2.75, 3.05) is 12.4 Å². The second-order valence-electron chi connectivity index (χ2n) is 4.49. The molecule has 0 bridgehead atoms. The van der Waals surface area contributed by atoms with E-state index < -0.39 is 5.97 Å². The molecule has 1 aromatic heterocycles. The van der Waals surface area contributed by atoms with Gasteiger partial charge < -0.3 is 10.1 Å². The van der Waals surface area contributed by atoms with Gasteiger partial charge in [0.1, 0.15) is 0 Å². The normalized spacial score (nSPS) is 11.5. The lowest BCUT2D eigenvalue weighted by molar-refractivity contribution is -0.115. The standard InChI is InChI=1S/C16H16N2O3S/c1-11(22-14-5-3-4-10-17-14)15(19)18-13-8-6-12(7-9-13)16(20)21-2/h3-11H,1-2H3,(H,18,19). The van der Waals surface area contributed by atoms with E-state index in [2.05, 4.69) is 15.0 Å². The van der Waals surface area contributed by atoms with Crippen LogP contribution in [0.15, 0.2) is 53.7 Å². The van der Waals surface area contributed by atoms with Crippen LogP contribution >= 0.6 is 11.8 Å². The molecule has 2 rings (SSSR count). The molecule has 0 saturated heterocycles. The largest absolute Gasteiger partial charge is 0.465 e. The first-order chi connectivity index (χ1) is 10.6. The molecule has 1 heterocycles. The van der Waals surface area contributed by atoms with E-state index in [1.54, 1.807) is 30.5 Å². The third kappa shape index (κ3) is 4.33. The van der Waals surface area contributed by atoms with Crippen LogP contribution < -0.4 is 5.32 Å². The Hall–Kier alpha value is -2.34. The maximum Gasteiger partial charge on any atom is 0.337 e. The first kappa shape index (κ1) is 16.0. The molecule has 1 unspecified atom stereocenters. The Morgan fingerprint density at radius 2 is 1.91 bits per heavy atom. The van der Waals surface area contributed by atoms with Gasteiger partial charge in [-0.3, -0.25) is 4.79 Å². The van der Waals surface area contributed by atoms with Crippen LogP contribution in [-0.2, 0) is 9.53 Å². The van der Waals surface area contributed by atoms with E-state index in [0.29, 0.717) is 11.3 Å². The second kappa shape index (κ2) is 7.61. The second-order valence-corrected chi connectivity index (χ2v) is 5.85. The first-order valence-corrected chi connectivity index (χ1v) is 7.55. The van der Waals surface area contributed by atoms with Crippen LogP contribution in [-0.4, -0.2) is 29.2 Å². The Kier molecular flexibility index (Phi) is 5.55. The predicted molar refractivity (Wildman–Crippen MR) is 86.0 cm³/mol. The number of hydrogen-bond donors (Lipinski definition) is 1. The average Bonchev–Trinajstić information content (AvgIpc) is 2.55. The summed E-state index contributed by atoms with van der Waals surface area (Å²) in [6.07, 6.45) is 1.69. The van der Waals surface area contributed by atoms with Crippen LogP contribution in [0.2, 0.25) is 0 Å². The fourth-order valence-electron chi connectivity index (χ4n) is 1.70. The number of pyridine rings is 1. The number of methoxy groups -OCH3 is 1. The number of anilines is 1. The molecule has 5 nitrogen and oxygen atoms in total. The Labute approximate surface area is 133 Å². The number of carbonyl (C=O) groups excluding carboxylic acids is 2. The number of nitrogens with one attached hydrogen (secondary N) is 1. The van der Waals surface area contributed by atoms with Crippen molar-refractivity contribution < 1.29 is 14.3 Å². The van der Waals surface area contributed by atoms with Gasteiger partial charge in [-0.1, -0.05) is 17.8 Å². The molecule has 0 aliphatic carbocycles. The van der Waals surface area contributed by atoms with E-state index in [1.807, 2.05) is 25.1 Å². The topological polar surface area (TPSA) is 68.3 Å². The lowest BCUT2D eigenvalue weighted by Gasteiger charge is -2.11. The third-order valence-electron chi connectivity index (χ3n) is 2.88. The first-order valence-electron chi connectivity index (χ1n) is 6.67. The Morgan fingerprint density at radius 1 is 1.18 bits per heavy atom. The molecular weight excluding hydrogens is 300 g/mol.